The summed E-state index contributed by atoms with van der Waals surface area (Å²) < 4.78 is 11.6. The highest BCUT2D eigenvalue weighted by atomic mass is 17.2. The van der Waals surface area contributed by atoms with Crippen molar-refractivity contribution in [3.63, 3.8) is 0 Å². The zero-order valence-corrected chi connectivity index (χ0v) is 15.6. The molecule has 2 heterocycles. The molecule has 0 radical (unpaired) electrons. The molecule has 28 heavy (non-hydrogen) atoms. The van der Waals surface area contributed by atoms with Crippen molar-refractivity contribution in [1.82, 2.24) is 5.32 Å². The average molecular weight is 384 g/mol. The Kier molecular flexibility index (Phi) is 5.94. The highest BCUT2D eigenvalue weighted by Crippen LogP contribution is 2.30. The maximum atomic E-state index is 12.2. The molecular weight excluding hydrogens is 360 g/mol. The fourth-order valence-electron chi connectivity index (χ4n) is 3.20. The standard InChI is InChI=1S/C21H24N2O5/c24-21(23-16-8-7-15-4-3-11-26-28-20(15)12-16)9-10-22-13-17-14-25-18-5-1-2-6-19(18)27-17/h1-2,5-8,12,17,22H,3-4,9-11,13-14H2,(H,23,24). The molecule has 1 unspecified atom stereocenters. The number of carbonyl (C=O) groups is 1. The van der Waals surface area contributed by atoms with Crippen LogP contribution in [0.15, 0.2) is 42.5 Å². The Hall–Kier alpha value is -2.77. The molecule has 1 atom stereocenters. The van der Waals surface area contributed by atoms with Gasteiger partial charge >= 0.3 is 0 Å². The van der Waals surface area contributed by atoms with Crippen LogP contribution in [0.1, 0.15) is 18.4 Å². The molecule has 4 rings (SSSR count). The van der Waals surface area contributed by atoms with Crippen molar-refractivity contribution in [2.75, 3.05) is 31.6 Å². The lowest BCUT2D eigenvalue weighted by Gasteiger charge is -2.26. The summed E-state index contributed by atoms with van der Waals surface area (Å²) in [4.78, 5) is 22.6. The van der Waals surface area contributed by atoms with Crippen molar-refractivity contribution in [3.8, 4) is 17.2 Å². The lowest BCUT2D eigenvalue weighted by molar-refractivity contribution is -0.203. The second-order valence-corrected chi connectivity index (χ2v) is 6.83. The number of amides is 1. The number of ether oxygens (including phenoxy) is 2. The van der Waals surface area contributed by atoms with Crippen molar-refractivity contribution < 1.29 is 24.0 Å². The Balaban J connectivity index is 1.19. The van der Waals surface area contributed by atoms with Gasteiger partial charge in [-0.25, -0.2) is 0 Å². The molecule has 0 saturated heterocycles. The second kappa shape index (κ2) is 8.95. The minimum Gasteiger partial charge on any atom is -0.486 e. The fourth-order valence-corrected chi connectivity index (χ4v) is 3.20. The summed E-state index contributed by atoms with van der Waals surface area (Å²) in [7, 11) is 0. The summed E-state index contributed by atoms with van der Waals surface area (Å²) in [5.41, 5.74) is 1.79. The molecule has 0 aliphatic carbocycles. The lowest BCUT2D eigenvalue weighted by Crippen LogP contribution is -2.39. The molecule has 0 spiro atoms. The predicted molar refractivity (Wildman–Crippen MR) is 104 cm³/mol. The molecule has 2 aliphatic rings. The molecule has 2 aromatic carbocycles. The van der Waals surface area contributed by atoms with E-state index in [0.717, 1.165) is 29.9 Å². The molecule has 0 aromatic heterocycles. The van der Waals surface area contributed by atoms with Gasteiger partial charge in [-0.2, -0.15) is 4.89 Å². The van der Waals surface area contributed by atoms with Crippen molar-refractivity contribution in [1.29, 1.82) is 0 Å². The minimum atomic E-state index is -0.0697. The van der Waals surface area contributed by atoms with Gasteiger partial charge in [-0.15, -0.1) is 0 Å². The van der Waals surface area contributed by atoms with E-state index in [4.69, 9.17) is 19.2 Å². The van der Waals surface area contributed by atoms with Crippen LogP contribution in [0, 0.1) is 0 Å². The van der Waals surface area contributed by atoms with Crippen molar-refractivity contribution >= 4 is 11.6 Å². The van der Waals surface area contributed by atoms with Crippen LogP contribution in [-0.4, -0.2) is 38.3 Å². The summed E-state index contributed by atoms with van der Waals surface area (Å²) in [6.07, 6.45) is 2.12. The third-order valence-electron chi connectivity index (χ3n) is 4.64. The molecule has 2 N–H and O–H groups in total. The average Bonchev–Trinajstić information content (AvgIpc) is 2.96. The minimum absolute atomic E-state index is 0.0619. The van der Waals surface area contributed by atoms with Crippen LogP contribution in [0.3, 0.4) is 0 Å². The number of nitrogens with one attached hydrogen (secondary N) is 2. The van der Waals surface area contributed by atoms with Crippen LogP contribution in [-0.2, 0) is 16.1 Å². The van der Waals surface area contributed by atoms with E-state index in [0.29, 0.717) is 44.2 Å². The normalized spacial score (nSPS) is 17.8. The van der Waals surface area contributed by atoms with E-state index < -0.39 is 0 Å². The third-order valence-corrected chi connectivity index (χ3v) is 4.64. The Labute approximate surface area is 163 Å². The first kappa shape index (κ1) is 18.6. The molecule has 148 valence electrons. The zero-order chi connectivity index (χ0) is 19.2. The van der Waals surface area contributed by atoms with Gasteiger partial charge in [0.1, 0.15) is 12.7 Å². The van der Waals surface area contributed by atoms with Gasteiger partial charge < -0.3 is 25.0 Å². The maximum Gasteiger partial charge on any atom is 0.225 e. The number of hydrogen-bond donors (Lipinski definition) is 2. The van der Waals surface area contributed by atoms with Gasteiger partial charge in [0.15, 0.2) is 17.2 Å². The predicted octanol–water partition coefficient (Wildman–Crippen LogP) is 2.70. The lowest BCUT2D eigenvalue weighted by atomic mass is 10.1. The highest BCUT2D eigenvalue weighted by Gasteiger charge is 2.20. The Bertz CT molecular complexity index is 826. The van der Waals surface area contributed by atoms with E-state index >= 15 is 0 Å². The molecular formula is C21H24N2O5. The van der Waals surface area contributed by atoms with Crippen LogP contribution in [0.2, 0.25) is 0 Å². The summed E-state index contributed by atoms with van der Waals surface area (Å²) in [5, 5.41) is 6.14. The quantitative estimate of drug-likeness (QED) is 0.589. The zero-order valence-electron chi connectivity index (χ0n) is 15.6. The van der Waals surface area contributed by atoms with Crippen molar-refractivity contribution in [3.05, 3.63) is 48.0 Å². The van der Waals surface area contributed by atoms with Crippen LogP contribution >= 0.6 is 0 Å². The smallest absolute Gasteiger partial charge is 0.225 e. The largest absolute Gasteiger partial charge is 0.486 e. The monoisotopic (exact) mass is 384 g/mol. The molecule has 0 fully saturated rings. The van der Waals surface area contributed by atoms with Crippen molar-refractivity contribution in [2.24, 2.45) is 0 Å². The highest BCUT2D eigenvalue weighted by molar-refractivity contribution is 5.91. The number of carbonyl (C=O) groups excluding carboxylic acids is 1. The fraction of sp³-hybridized carbons (Fsp3) is 0.381. The van der Waals surface area contributed by atoms with E-state index in [1.54, 1.807) is 6.07 Å². The molecule has 2 aromatic rings. The first-order valence-electron chi connectivity index (χ1n) is 9.59. The number of rotatable bonds is 6. The van der Waals surface area contributed by atoms with Crippen LogP contribution in [0.25, 0.3) is 0 Å². The van der Waals surface area contributed by atoms with Crippen LogP contribution in [0.5, 0.6) is 17.2 Å². The van der Waals surface area contributed by atoms with E-state index in [1.165, 1.54) is 0 Å². The van der Waals surface area contributed by atoms with Gasteiger partial charge in [-0.3, -0.25) is 4.79 Å². The number of aryl methyl sites for hydroxylation is 1. The number of anilines is 1. The molecule has 7 heteroatoms. The second-order valence-electron chi connectivity index (χ2n) is 6.83. The van der Waals surface area contributed by atoms with Gasteiger partial charge in [-0.05, 0) is 36.6 Å². The third kappa shape index (κ3) is 4.74. The van der Waals surface area contributed by atoms with Gasteiger partial charge in [0.2, 0.25) is 5.91 Å². The first-order chi connectivity index (χ1) is 13.8. The van der Waals surface area contributed by atoms with E-state index in [-0.39, 0.29) is 12.0 Å². The van der Waals surface area contributed by atoms with Crippen LogP contribution < -0.4 is 25.0 Å². The van der Waals surface area contributed by atoms with Gasteiger partial charge in [0.05, 0.1) is 6.61 Å². The number of hydrogen-bond acceptors (Lipinski definition) is 6. The Morgan fingerprint density at radius 2 is 2.00 bits per heavy atom. The van der Waals surface area contributed by atoms with Crippen LogP contribution in [0.4, 0.5) is 5.69 Å². The molecule has 0 bridgehead atoms. The summed E-state index contributed by atoms with van der Waals surface area (Å²) >= 11 is 0. The SMILES string of the molecule is O=C(CCNCC1COc2ccccc2O1)Nc1ccc2c(c1)OOCCC2. The topological polar surface area (TPSA) is 78.1 Å². The first-order valence-corrected chi connectivity index (χ1v) is 9.59. The van der Waals surface area contributed by atoms with Gasteiger partial charge in [0, 0.05) is 31.3 Å². The summed E-state index contributed by atoms with van der Waals surface area (Å²) in [6.45, 7) is 2.24. The number of fused-ring (bicyclic) bond motifs is 2. The summed E-state index contributed by atoms with van der Waals surface area (Å²) in [5.74, 6) is 2.14. The van der Waals surface area contributed by atoms with E-state index in [2.05, 4.69) is 10.6 Å². The van der Waals surface area contributed by atoms with E-state index in [1.807, 2.05) is 36.4 Å². The van der Waals surface area contributed by atoms with Gasteiger partial charge in [-0.1, -0.05) is 18.2 Å². The maximum absolute atomic E-state index is 12.2. The molecule has 7 nitrogen and oxygen atoms in total. The summed E-state index contributed by atoms with van der Waals surface area (Å²) in [6, 6.07) is 13.3. The number of benzene rings is 2. The molecule has 2 aliphatic heterocycles. The van der Waals surface area contributed by atoms with E-state index in [9.17, 15) is 4.79 Å². The molecule has 1 amide bonds. The molecule has 0 saturated carbocycles. The van der Waals surface area contributed by atoms with Gasteiger partial charge in [0.25, 0.3) is 0 Å². The number of para-hydroxylation sites is 2. The Morgan fingerprint density at radius 3 is 2.93 bits per heavy atom. The van der Waals surface area contributed by atoms with Crippen molar-refractivity contribution in [2.45, 2.75) is 25.4 Å². The Morgan fingerprint density at radius 1 is 1.11 bits per heavy atom.